The normalized spacial score (nSPS) is 15.4. The molecule has 1 aliphatic rings. The van der Waals surface area contributed by atoms with E-state index in [0.717, 1.165) is 38.2 Å². The zero-order chi connectivity index (χ0) is 25.4. The third-order valence-electron chi connectivity index (χ3n) is 6.33. The number of rotatable bonds is 9. The molecule has 0 spiro atoms. The van der Waals surface area contributed by atoms with Gasteiger partial charge in [0.05, 0.1) is 0 Å². The van der Waals surface area contributed by atoms with Crippen LogP contribution in [0.3, 0.4) is 0 Å². The van der Waals surface area contributed by atoms with Gasteiger partial charge in [0.1, 0.15) is 11.9 Å². The molecule has 1 saturated heterocycles. The van der Waals surface area contributed by atoms with Crippen LogP contribution in [0.1, 0.15) is 51.1 Å². The highest BCUT2D eigenvalue weighted by Gasteiger charge is 2.20. The molecule has 2 N–H and O–H groups in total. The molecule has 2 aromatic rings. The van der Waals surface area contributed by atoms with Crippen molar-refractivity contribution in [2.75, 3.05) is 50.0 Å². The summed E-state index contributed by atoms with van der Waals surface area (Å²) in [5.74, 6) is 0.606. The van der Waals surface area contributed by atoms with Crippen molar-refractivity contribution >= 4 is 17.4 Å². The van der Waals surface area contributed by atoms with Crippen LogP contribution in [-0.2, 0) is 17.8 Å². The molecule has 1 amide bonds. The molecule has 35 heavy (non-hydrogen) atoms. The van der Waals surface area contributed by atoms with Gasteiger partial charge < -0.3 is 20.4 Å². The highest BCUT2D eigenvalue weighted by molar-refractivity contribution is 5.79. The second-order valence-electron chi connectivity index (χ2n) is 10.6. The first-order valence-corrected chi connectivity index (χ1v) is 12.5. The van der Waals surface area contributed by atoms with Gasteiger partial charge in [0.15, 0.2) is 0 Å². The zero-order valence-electron chi connectivity index (χ0n) is 21.8. The lowest BCUT2D eigenvalue weighted by Crippen LogP contribution is -2.44. The first kappa shape index (κ1) is 26.4. The van der Waals surface area contributed by atoms with Gasteiger partial charge in [-0.25, -0.2) is 9.97 Å². The Balaban J connectivity index is 1.63. The summed E-state index contributed by atoms with van der Waals surface area (Å²) in [5, 5.41) is 15.6. The number of benzene rings is 1. The lowest BCUT2D eigenvalue weighted by Gasteiger charge is -2.34. The fourth-order valence-electron chi connectivity index (χ4n) is 4.07. The third-order valence-corrected chi connectivity index (χ3v) is 6.33. The van der Waals surface area contributed by atoms with Crippen LogP contribution in [0.4, 0.5) is 11.5 Å². The molecular formula is C27H39N7O. The van der Waals surface area contributed by atoms with Gasteiger partial charge >= 0.3 is 0 Å². The maximum absolute atomic E-state index is 13.1. The van der Waals surface area contributed by atoms with Gasteiger partial charge in [-0.1, -0.05) is 39.8 Å². The van der Waals surface area contributed by atoms with Crippen molar-refractivity contribution in [3.63, 3.8) is 0 Å². The molecule has 3 rings (SSSR count). The molecule has 0 saturated carbocycles. The highest BCUT2D eigenvalue weighted by atomic mass is 16.1. The van der Waals surface area contributed by atoms with Crippen LogP contribution in [0, 0.1) is 22.7 Å². The maximum Gasteiger partial charge on any atom is 0.234 e. The summed E-state index contributed by atoms with van der Waals surface area (Å²) in [7, 11) is 2.16. The molecule has 0 bridgehead atoms. The van der Waals surface area contributed by atoms with Crippen molar-refractivity contribution in [3.8, 4) is 6.07 Å². The Morgan fingerprint density at radius 2 is 1.97 bits per heavy atom. The first-order chi connectivity index (χ1) is 16.7. The number of likely N-dealkylation sites (N-methyl/N-ethyl adjacent to an activating group) is 1. The minimum atomic E-state index is -0.122. The summed E-state index contributed by atoms with van der Waals surface area (Å²) < 4.78 is 0. The van der Waals surface area contributed by atoms with Crippen LogP contribution in [-0.4, -0.2) is 60.5 Å². The fourth-order valence-corrected chi connectivity index (χ4v) is 4.07. The largest absolute Gasteiger partial charge is 0.369 e. The van der Waals surface area contributed by atoms with Crippen molar-refractivity contribution in [1.82, 2.24) is 20.2 Å². The summed E-state index contributed by atoms with van der Waals surface area (Å²) in [6.45, 7) is 13.6. The van der Waals surface area contributed by atoms with Crippen LogP contribution in [0.5, 0.6) is 0 Å². The number of amides is 1. The molecule has 0 aliphatic carbocycles. The van der Waals surface area contributed by atoms with E-state index >= 15 is 0 Å². The Kier molecular flexibility index (Phi) is 9.05. The number of anilines is 2. The summed E-state index contributed by atoms with van der Waals surface area (Å²) in [6, 6.07) is 10.6. The predicted octanol–water partition coefficient (Wildman–Crippen LogP) is 3.44. The van der Waals surface area contributed by atoms with Crippen LogP contribution in [0.25, 0.3) is 0 Å². The average Bonchev–Trinajstić information content (AvgIpc) is 2.85. The minimum absolute atomic E-state index is 0.0173. The molecule has 1 aromatic heterocycles. The van der Waals surface area contributed by atoms with Gasteiger partial charge in [0.2, 0.25) is 11.7 Å². The van der Waals surface area contributed by atoms with E-state index in [2.05, 4.69) is 89.4 Å². The highest BCUT2D eigenvalue weighted by Crippen LogP contribution is 2.22. The van der Waals surface area contributed by atoms with Gasteiger partial charge in [0, 0.05) is 62.6 Å². The molecule has 1 aromatic carbocycles. The Morgan fingerprint density at radius 3 is 2.63 bits per heavy atom. The number of carbonyl (C=O) groups is 1. The number of nitrogens with one attached hydrogen (secondary N) is 2. The SMILES string of the molecule is CCC(Cc1cccc(N2CCN(C)CC2)c1)C(=O)NCc1cnc(C#N)nc1NCC(C)(C)C. The van der Waals surface area contributed by atoms with Gasteiger partial charge in [-0.15, -0.1) is 0 Å². The van der Waals surface area contributed by atoms with Crippen molar-refractivity contribution in [2.24, 2.45) is 11.3 Å². The lowest BCUT2D eigenvalue weighted by atomic mass is 9.95. The predicted molar refractivity (Wildman–Crippen MR) is 140 cm³/mol. The third kappa shape index (κ3) is 7.93. The summed E-state index contributed by atoms with van der Waals surface area (Å²) in [6.07, 6.45) is 3.07. The maximum atomic E-state index is 13.1. The standard InChI is InChI=1S/C27H39N7O/c1-6-21(14-20-8-7-9-23(15-20)34-12-10-33(5)11-13-34)26(35)30-18-22-17-29-24(16-28)32-25(22)31-19-27(2,3)4/h7-9,15,17,21H,6,10-14,18-19H2,1-5H3,(H,30,35)(H,29,31,32). The first-order valence-electron chi connectivity index (χ1n) is 12.5. The fraction of sp³-hybridized carbons (Fsp3) is 0.556. The van der Waals surface area contributed by atoms with Gasteiger partial charge in [-0.05, 0) is 43.0 Å². The van der Waals surface area contributed by atoms with Crippen LogP contribution in [0.2, 0.25) is 0 Å². The van der Waals surface area contributed by atoms with Crippen molar-refractivity contribution in [2.45, 2.75) is 47.1 Å². The van der Waals surface area contributed by atoms with Crippen molar-refractivity contribution in [3.05, 3.63) is 47.4 Å². The number of piperazine rings is 1. The van der Waals surface area contributed by atoms with Gasteiger partial charge in [-0.2, -0.15) is 5.26 Å². The van der Waals surface area contributed by atoms with Gasteiger partial charge in [0.25, 0.3) is 0 Å². The van der Waals surface area contributed by atoms with E-state index in [1.54, 1.807) is 6.20 Å². The number of hydrogen-bond acceptors (Lipinski definition) is 7. The van der Waals surface area contributed by atoms with E-state index in [4.69, 9.17) is 0 Å². The Hall–Kier alpha value is -3.18. The number of nitrogens with zero attached hydrogens (tertiary/aromatic N) is 5. The molecule has 1 fully saturated rings. The topological polar surface area (TPSA) is 97.2 Å². The second-order valence-corrected chi connectivity index (χ2v) is 10.6. The number of nitriles is 1. The molecule has 1 unspecified atom stereocenters. The number of carbonyl (C=O) groups excluding carboxylic acids is 1. The molecular weight excluding hydrogens is 438 g/mol. The summed E-state index contributed by atoms with van der Waals surface area (Å²) in [5.41, 5.74) is 3.23. The summed E-state index contributed by atoms with van der Waals surface area (Å²) in [4.78, 5) is 26.3. The van der Waals surface area contributed by atoms with Crippen LogP contribution in [0.15, 0.2) is 30.5 Å². The van der Waals surface area contributed by atoms with E-state index in [9.17, 15) is 10.1 Å². The van der Waals surface area contributed by atoms with E-state index in [0.29, 0.717) is 25.3 Å². The molecule has 2 heterocycles. The van der Waals surface area contributed by atoms with Gasteiger partial charge in [-0.3, -0.25) is 4.79 Å². The Morgan fingerprint density at radius 1 is 1.23 bits per heavy atom. The average molecular weight is 478 g/mol. The van der Waals surface area contributed by atoms with Crippen molar-refractivity contribution in [1.29, 1.82) is 5.26 Å². The molecule has 8 heteroatoms. The monoisotopic (exact) mass is 477 g/mol. The number of hydrogen-bond donors (Lipinski definition) is 2. The van der Waals surface area contributed by atoms with E-state index in [1.807, 2.05) is 6.07 Å². The molecule has 8 nitrogen and oxygen atoms in total. The zero-order valence-corrected chi connectivity index (χ0v) is 21.8. The second kappa shape index (κ2) is 12.0. The number of aromatic nitrogens is 2. The van der Waals surface area contributed by atoms with Crippen molar-refractivity contribution < 1.29 is 4.79 Å². The van der Waals surface area contributed by atoms with E-state index < -0.39 is 0 Å². The molecule has 188 valence electrons. The van der Waals surface area contributed by atoms with Crippen LogP contribution >= 0.6 is 0 Å². The summed E-state index contributed by atoms with van der Waals surface area (Å²) >= 11 is 0. The Bertz CT molecular complexity index is 1030. The van der Waals surface area contributed by atoms with E-state index in [-0.39, 0.29) is 23.1 Å². The van der Waals surface area contributed by atoms with Crippen LogP contribution < -0.4 is 15.5 Å². The molecule has 1 atom stereocenters. The minimum Gasteiger partial charge on any atom is -0.369 e. The smallest absolute Gasteiger partial charge is 0.234 e. The Labute approximate surface area is 209 Å². The van der Waals surface area contributed by atoms with E-state index in [1.165, 1.54) is 11.3 Å². The lowest BCUT2D eigenvalue weighted by molar-refractivity contribution is -0.125. The molecule has 1 aliphatic heterocycles. The molecule has 0 radical (unpaired) electrons. The quantitative estimate of drug-likeness (QED) is 0.571.